The van der Waals surface area contributed by atoms with Gasteiger partial charge in [-0.2, -0.15) is 0 Å². The zero-order chi connectivity index (χ0) is 28.2. The number of hydrogen-bond acceptors (Lipinski definition) is 4. The Kier molecular flexibility index (Phi) is 5.04. The molecule has 12 saturated carbocycles. The molecule has 0 radical (unpaired) electrons. The third-order valence-electron chi connectivity index (χ3n) is 15.0. The van der Waals surface area contributed by atoms with Gasteiger partial charge in [0.25, 0.3) is 0 Å². The highest BCUT2D eigenvalue weighted by Crippen LogP contribution is 2.64. The molecule has 0 atom stereocenters. The molecule has 12 fully saturated rings. The van der Waals surface area contributed by atoms with Crippen molar-refractivity contribution in [3.63, 3.8) is 0 Å². The molecule has 13 rings (SSSR count). The van der Waals surface area contributed by atoms with Crippen LogP contribution in [-0.2, 0) is 14.4 Å². The van der Waals surface area contributed by atoms with Crippen molar-refractivity contribution < 1.29 is 24.3 Å². The van der Waals surface area contributed by atoms with E-state index in [9.17, 15) is 24.3 Å². The van der Waals surface area contributed by atoms with Gasteiger partial charge in [0.2, 0.25) is 0 Å². The number of aromatic carboxylic acids is 1. The molecule has 5 nitrogen and oxygen atoms in total. The Bertz CT molecular complexity index is 1280. The van der Waals surface area contributed by atoms with Crippen LogP contribution in [0.3, 0.4) is 0 Å². The third kappa shape index (κ3) is 3.21. The predicted molar refractivity (Wildman–Crippen MR) is 154 cm³/mol. The molecule has 220 valence electrons. The van der Waals surface area contributed by atoms with Crippen LogP contribution < -0.4 is 0 Å². The van der Waals surface area contributed by atoms with Gasteiger partial charge in [-0.25, -0.2) is 4.79 Å². The smallest absolute Gasteiger partial charge is 0.336 e. The molecule has 1 aromatic rings. The van der Waals surface area contributed by atoms with Gasteiger partial charge in [-0.3, -0.25) is 14.4 Å². The average molecular weight is 567 g/mol. The highest BCUT2D eigenvalue weighted by molar-refractivity contribution is 5.93. The van der Waals surface area contributed by atoms with Crippen molar-refractivity contribution in [3.05, 3.63) is 34.4 Å². The normalized spacial score (nSPS) is 50.8. The summed E-state index contributed by atoms with van der Waals surface area (Å²) in [6.07, 6.45) is 11.6. The van der Waals surface area contributed by atoms with E-state index < -0.39 is 5.97 Å². The van der Waals surface area contributed by atoms with Gasteiger partial charge in [-0.1, -0.05) is 12.1 Å². The largest absolute Gasteiger partial charge is 0.478 e. The number of carboxylic acids is 1. The van der Waals surface area contributed by atoms with E-state index in [0.717, 1.165) is 88.2 Å². The zero-order valence-electron chi connectivity index (χ0n) is 24.4. The average Bonchev–Trinajstić information content (AvgIpc) is 2.94. The summed E-state index contributed by atoms with van der Waals surface area (Å²) in [5.74, 6) is 5.68. The van der Waals surface area contributed by atoms with Gasteiger partial charge in [0.05, 0.1) is 5.56 Å². The molecule has 0 aromatic heterocycles. The second-order valence-electron chi connectivity index (χ2n) is 16.7. The van der Waals surface area contributed by atoms with Gasteiger partial charge in [-0.15, -0.1) is 0 Å². The van der Waals surface area contributed by atoms with Crippen molar-refractivity contribution in [2.45, 2.75) is 94.8 Å². The Balaban J connectivity index is 1.13. The van der Waals surface area contributed by atoms with Crippen molar-refractivity contribution in [1.82, 2.24) is 0 Å². The van der Waals surface area contributed by atoms with Crippen LogP contribution in [0.4, 0.5) is 0 Å². The molecule has 0 saturated heterocycles. The summed E-state index contributed by atoms with van der Waals surface area (Å²) < 4.78 is 0. The van der Waals surface area contributed by atoms with E-state index in [4.69, 9.17) is 0 Å². The molecule has 0 spiro atoms. The first kappa shape index (κ1) is 25.1. The minimum atomic E-state index is -0.767. The maximum atomic E-state index is 13.4. The summed E-state index contributed by atoms with van der Waals surface area (Å²) in [6, 6.07) is 4.74. The Labute approximate surface area is 247 Å². The van der Waals surface area contributed by atoms with Gasteiger partial charge in [0, 0.05) is 35.5 Å². The summed E-state index contributed by atoms with van der Waals surface area (Å²) in [7, 11) is 0. The lowest BCUT2D eigenvalue weighted by molar-refractivity contribution is -0.142. The second kappa shape index (κ2) is 8.45. The Morgan fingerprint density at radius 1 is 0.476 bits per heavy atom. The molecule has 1 N–H and O–H groups in total. The van der Waals surface area contributed by atoms with Gasteiger partial charge >= 0.3 is 5.97 Å². The molecule has 12 aliphatic carbocycles. The van der Waals surface area contributed by atoms with Crippen molar-refractivity contribution in [2.24, 2.45) is 71.0 Å². The van der Waals surface area contributed by atoms with Crippen LogP contribution in [0, 0.1) is 71.0 Å². The topological polar surface area (TPSA) is 88.5 Å². The summed E-state index contributed by atoms with van der Waals surface area (Å²) in [4.78, 5) is 52.1. The molecular formula is C37H42O5. The van der Waals surface area contributed by atoms with Crippen LogP contribution in [0.1, 0.15) is 122 Å². The predicted octanol–water partition coefficient (Wildman–Crippen LogP) is 6.54. The van der Waals surface area contributed by atoms with Crippen molar-refractivity contribution in [3.8, 4) is 0 Å². The van der Waals surface area contributed by atoms with E-state index in [2.05, 4.69) is 12.1 Å². The third-order valence-corrected chi connectivity index (χ3v) is 15.0. The quantitative estimate of drug-likeness (QED) is 0.447. The van der Waals surface area contributed by atoms with Crippen LogP contribution >= 0.6 is 0 Å². The van der Waals surface area contributed by atoms with E-state index in [1.807, 2.05) is 0 Å². The summed E-state index contributed by atoms with van der Waals surface area (Å²) in [5, 5.41) is 11.0. The fraction of sp³-hybridized carbons (Fsp3) is 0.730. The van der Waals surface area contributed by atoms with E-state index in [-0.39, 0.29) is 47.3 Å². The fourth-order valence-electron chi connectivity index (χ4n) is 14.1. The number of Topliss-reactive ketones (excluding diaryl/α,β-unsaturated/α-hetero) is 3. The van der Waals surface area contributed by atoms with Gasteiger partial charge in [-0.05, 0) is 147 Å². The lowest BCUT2D eigenvalue weighted by Crippen LogP contribution is -2.51. The molecule has 1 aromatic carbocycles. The molecular weight excluding hydrogens is 524 g/mol. The molecule has 0 heterocycles. The van der Waals surface area contributed by atoms with Gasteiger partial charge < -0.3 is 5.11 Å². The fourth-order valence-corrected chi connectivity index (χ4v) is 14.1. The number of carbonyl (C=O) groups is 4. The highest BCUT2D eigenvalue weighted by atomic mass is 16.4. The first-order valence-electron chi connectivity index (χ1n) is 17.3. The molecule has 0 aliphatic heterocycles. The summed E-state index contributed by atoms with van der Waals surface area (Å²) >= 11 is 0. The lowest BCUT2D eigenvalue weighted by atomic mass is 9.47. The van der Waals surface area contributed by atoms with Crippen LogP contribution in [0.25, 0.3) is 0 Å². The van der Waals surface area contributed by atoms with Crippen LogP contribution in [0.15, 0.2) is 12.1 Å². The number of rotatable bonds is 4. The van der Waals surface area contributed by atoms with E-state index in [1.54, 1.807) is 0 Å². The van der Waals surface area contributed by atoms with Gasteiger partial charge in [0.1, 0.15) is 17.3 Å². The van der Waals surface area contributed by atoms with Crippen molar-refractivity contribution >= 4 is 23.3 Å². The number of ketones is 3. The molecule has 12 bridgehead atoms. The van der Waals surface area contributed by atoms with Gasteiger partial charge in [0.15, 0.2) is 0 Å². The first-order chi connectivity index (χ1) is 20.3. The Morgan fingerprint density at radius 3 is 1.00 bits per heavy atom. The number of carboxylic acid groups (broad SMARTS) is 1. The first-order valence-corrected chi connectivity index (χ1v) is 17.3. The maximum absolute atomic E-state index is 13.4. The van der Waals surface area contributed by atoms with E-state index in [1.165, 1.54) is 5.56 Å². The maximum Gasteiger partial charge on any atom is 0.336 e. The lowest BCUT2D eigenvalue weighted by Gasteiger charge is -2.56. The van der Waals surface area contributed by atoms with Crippen LogP contribution in [-0.4, -0.2) is 28.4 Å². The minimum Gasteiger partial charge on any atom is -0.478 e. The van der Waals surface area contributed by atoms with Crippen molar-refractivity contribution in [1.29, 1.82) is 0 Å². The molecule has 42 heavy (non-hydrogen) atoms. The minimum absolute atomic E-state index is 0.198. The van der Waals surface area contributed by atoms with E-state index >= 15 is 0 Å². The van der Waals surface area contributed by atoms with E-state index in [0.29, 0.717) is 64.3 Å². The molecule has 5 heteroatoms. The summed E-state index contributed by atoms with van der Waals surface area (Å²) in [6.45, 7) is 0. The number of benzene rings is 1. The number of hydrogen-bond donors (Lipinski definition) is 1. The standard InChI is InChI=1S/C37H42O5/c38-34-22-1-15-2-23(34)4-16(3-22)30(15)21-13-28(31-17-5-24-7-18(31)8-25(6-17)35(24)39)33(37(41)42)29(14-21)32-19-9-26-11-20(32)12-27(10-19)36(26)40/h13-20,22-27,30-32H,1-12H2,(H,41,42). The molecule has 0 amide bonds. The Hall–Kier alpha value is -2.30. The Morgan fingerprint density at radius 2 is 0.738 bits per heavy atom. The zero-order valence-corrected chi connectivity index (χ0v) is 24.4. The molecule has 0 unspecified atom stereocenters. The molecule has 12 aliphatic rings. The highest BCUT2D eigenvalue weighted by Gasteiger charge is 2.57. The monoisotopic (exact) mass is 566 g/mol. The van der Waals surface area contributed by atoms with Crippen molar-refractivity contribution in [2.75, 3.05) is 0 Å². The summed E-state index contributed by atoms with van der Waals surface area (Å²) in [5.41, 5.74) is 4.18. The number of carbonyl (C=O) groups excluding carboxylic acids is 3. The van der Waals surface area contributed by atoms with Crippen LogP contribution in [0.5, 0.6) is 0 Å². The van der Waals surface area contributed by atoms with Crippen LogP contribution in [0.2, 0.25) is 0 Å². The second-order valence-corrected chi connectivity index (χ2v) is 16.7. The SMILES string of the molecule is O=C(O)c1c(C2C3CC4CC2CC(C3)C4=O)cc(C2C3CC4CC2CC(C3)C4=O)cc1C1C2CC3CC1CC(C2)C3=O.